The minimum absolute atomic E-state index is 0.247. The van der Waals surface area contributed by atoms with E-state index in [4.69, 9.17) is 4.74 Å². The number of ether oxygens (including phenoxy) is 1. The van der Waals surface area contributed by atoms with E-state index < -0.39 is 5.97 Å². The lowest BCUT2D eigenvalue weighted by Crippen LogP contribution is -2.15. The number of carbonyl (C=O) groups excluding carboxylic acids is 2. The van der Waals surface area contributed by atoms with Crippen LogP contribution in [0.3, 0.4) is 0 Å². The van der Waals surface area contributed by atoms with E-state index in [2.05, 4.69) is 4.98 Å². The molecule has 1 aromatic carbocycles. The molecule has 2 rings (SSSR count). The average Bonchev–Trinajstić information content (AvgIpc) is 2.93. The Labute approximate surface area is 111 Å². The third kappa shape index (κ3) is 2.91. The van der Waals surface area contributed by atoms with Gasteiger partial charge in [-0.15, -0.1) is 0 Å². The van der Waals surface area contributed by atoms with Crippen LogP contribution in [0.2, 0.25) is 0 Å². The van der Waals surface area contributed by atoms with E-state index in [1.807, 2.05) is 19.9 Å². The summed E-state index contributed by atoms with van der Waals surface area (Å²) in [7, 11) is 0. The standard InChI is InChI=1S/C15H15NO3/c1-10-5-3-6-12(11(10)2)15(18)19-9-14(17)13-7-4-8-16-13/h3-8,16H,9H2,1-2H3. The van der Waals surface area contributed by atoms with Crippen LogP contribution in [0.5, 0.6) is 0 Å². The molecule has 0 amide bonds. The number of hydrogen-bond acceptors (Lipinski definition) is 3. The third-order valence-corrected chi connectivity index (χ3v) is 3.06. The van der Waals surface area contributed by atoms with E-state index >= 15 is 0 Å². The molecule has 0 aliphatic rings. The summed E-state index contributed by atoms with van der Waals surface area (Å²) < 4.78 is 5.04. The van der Waals surface area contributed by atoms with Gasteiger partial charge in [-0.2, -0.15) is 0 Å². The van der Waals surface area contributed by atoms with E-state index in [1.165, 1.54) is 0 Å². The number of aromatic nitrogens is 1. The van der Waals surface area contributed by atoms with Crippen LogP contribution in [0.25, 0.3) is 0 Å². The largest absolute Gasteiger partial charge is 0.454 e. The fourth-order valence-electron chi connectivity index (χ4n) is 1.76. The van der Waals surface area contributed by atoms with Crippen molar-refractivity contribution in [3.05, 3.63) is 58.9 Å². The zero-order valence-electron chi connectivity index (χ0n) is 10.9. The summed E-state index contributed by atoms with van der Waals surface area (Å²) in [6.45, 7) is 3.53. The molecule has 1 aromatic heterocycles. The van der Waals surface area contributed by atoms with Gasteiger partial charge in [0.25, 0.3) is 0 Å². The summed E-state index contributed by atoms with van der Waals surface area (Å²) in [5.74, 6) is -0.718. The maximum Gasteiger partial charge on any atom is 0.338 e. The van der Waals surface area contributed by atoms with Crippen LogP contribution in [0.15, 0.2) is 36.5 Å². The van der Waals surface area contributed by atoms with Crippen LogP contribution in [-0.2, 0) is 4.74 Å². The number of aryl methyl sites for hydroxylation is 1. The number of H-pyrrole nitrogens is 1. The van der Waals surface area contributed by atoms with Gasteiger partial charge in [-0.3, -0.25) is 4.79 Å². The highest BCUT2D eigenvalue weighted by molar-refractivity contribution is 5.98. The molecule has 0 saturated carbocycles. The third-order valence-electron chi connectivity index (χ3n) is 3.06. The molecule has 0 fully saturated rings. The van der Waals surface area contributed by atoms with E-state index in [0.29, 0.717) is 11.3 Å². The second-order valence-corrected chi connectivity index (χ2v) is 4.33. The molecule has 1 N–H and O–H groups in total. The highest BCUT2D eigenvalue weighted by atomic mass is 16.5. The van der Waals surface area contributed by atoms with Crippen LogP contribution < -0.4 is 0 Å². The molecule has 0 saturated heterocycles. The number of hydrogen-bond donors (Lipinski definition) is 1. The summed E-state index contributed by atoms with van der Waals surface area (Å²) in [6.07, 6.45) is 1.65. The van der Waals surface area contributed by atoms with E-state index in [1.54, 1.807) is 30.5 Å². The van der Waals surface area contributed by atoms with Crippen molar-refractivity contribution in [1.29, 1.82) is 0 Å². The first-order chi connectivity index (χ1) is 9.09. The van der Waals surface area contributed by atoms with Gasteiger partial charge in [-0.1, -0.05) is 12.1 Å². The summed E-state index contributed by atoms with van der Waals surface area (Å²) in [5, 5.41) is 0. The molecule has 2 aromatic rings. The van der Waals surface area contributed by atoms with Gasteiger partial charge < -0.3 is 9.72 Å². The highest BCUT2D eigenvalue weighted by Gasteiger charge is 2.14. The van der Waals surface area contributed by atoms with E-state index in [9.17, 15) is 9.59 Å². The highest BCUT2D eigenvalue weighted by Crippen LogP contribution is 2.13. The molecule has 0 bridgehead atoms. The van der Waals surface area contributed by atoms with Gasteiger partial charge in [-0.25, -0.2) is 4.79 Å². The minimum atomic E-state index is -0.471. The molecule has 4 heteroatoms. The smallest absolute Gasteiger partial charge is 0.338 e. The second kappa shape index (κ2) is 5.52. The van der Waals surface area contributed by atoms with Crippen molar-refractivity contribution >= 4 is 11.8 Å². The number of ketones is 1. The van der Waals surface area contributed by atoms with Gasteiger partial charge in [0.2, 0.25) is 5.78 Å². The Morgan fingerprint density at radius 3 is 2.63 bits per heavy atom. The van der Waals surface area contributed by atoms with Crippen molar-refractivity contribution in [3.63, 3.8) is 0 Å². The molecule has 0 atom stereocenters. The quantitative estimate of drug-likeness (QED) is 0.676. The van der Waals surface area contributed by atoms with Gasteiger partial charge >= 0.3 is 5.97 Å². The Morgan fingerprint density at radius 2 is 1.95 bits per heavy atom. The fourth-order valence-corrected chi connectivity index (χ4v) is 1.76. The Bertz CT molecular complexity index is 600. The van der Waals surface area contributed by atoms with Gasteiger partial charge in [-0.05, 0) is 43.2 Å². The maximum absolute atomic E-state index is 11.9. The summed E-state index contributed by atoms with van der Waals surface area (Å²) >= 11 is 0. The first-order valence-corrected chi connectivity index (χ1v) is 5.99. The lowest BCUT2D eigenvalue weighted by molar-refractivity contribution is 0.0473. The van der Waals surface area contributed by atoms with Gasteiger partial charge in [0.1, 0.15) is 0 Å². The fraction of sp³-hybridized carbons (Fsp3) is 0.200. The maximum atomic E-state index is 11.9. The number of Topliss-reactive ketones (excluding diaryl/α,β-unsaturated/α-hetero) is 1. The Hall–Kier alpha value is -2.36. The number of nitrogens with one attached hydrogen (secondary N) is 1. The lowest BCUT2D eigenvalue weighted by Gasteiger charge is -2.08. The molecule has 0 aliphatic carbocycles. The molecule has 98 valence electrons. The molecule has 19 heavy (non-hydrogen) atoms. The summed E-state index contributed by atoms with van der Waals surface area (Å²) in [6, 6.07) is 8.79. The lowest BCUT2D eigenvalue weighted by atomic mass is 10.0. The van der Waals surface area contributed by atoms with Crippen molar-refractivity contribution in [2.24, 2.45) is 0 Å². The molecule has 0 spiro atoms. The van der Waals surface area contributed by atoms with E-state index in [0.717, 1.165) is 11.1 Å². The van der Waals surface area contributed by atoms with Gasteiger partial charge in [0.15, 0.2) is 6.61 Å². The average molecular weight is 257 g/mol. The molecular formula is C15H15NO3. The number of rotatable bonds is 4. The SMILES string of the molecule is Cc1cccc(C(=O)OCC(=O)c2ccc[nH]2)c1C. The molecule has 0 unspecified atom stereocenters. The topological polar surface area (TPSA) is 59.2 Å². The number of carbonyl (C=O) groups is 2. The normalized spacial score (nSPS) is 10.2. The zero-order valence-corrected chi connectivity index (χ0v) is 10.9. The number of esters is 1. The first kappa shape index (κ1) is 13.1. The molecule has 1 heterocycles. The second-order valence-electron chi connectivity index (χ2n) is 4.33. The van der Waals surface area contributed by atoms with Gasteiger partial charge in [0.05, 0.1) is 11.3 Å². The molecule has 4 nitrogen and oxygen atoms in total. The van der Waals surface area contributed by atoms with Crippen LogP contribution in [0, 0.1) is 13.8 Å². The summed E-state index contributed by atoms with van der Waals surface area (Å²) in [5.41, 5.74) is 2.83. The van der Waals surface area contributed by atoms with Crippen molar-refractivity contribution < 1.29 is 14.3 Å². The number of benzene rings is 1. The Balaban J connectivity index is 2.02. The van der Waals surface area contributed by atoms with Crippen molar-refractivity contribution in [2.45, 2.75) is 13.8 Å². The molecule has 0 radical (unpaired) electrons. The van der Waals surface area contributed by atoms with Crippen LogP contribution in [0.4, 0.5) is 0 Å². The van der Waals surface area contributed by atoms with Crippen LogP contribution >= 0.6 is 0 Å². The Kier molecular flexibility index (Phi) is 3.80. The molecule has 0 aliphatic heterocycles. The van der Waals surface area contributed by atoms with Crippen molar-refractivity contribution in [2.75, 3.05) is 6.61 Å². The van der Waals surface area contributed by atoms with Crippen LogP contribution in [-0.4, -0.2) is 23.3 Å². The van der Waals surface area contributed by atoms with E-state index in [-0.39, 0.29) is 12.4 Å². The minimum Gasteiger partial charge on any atom is -0.454 e. The van der Waals surface area contributed by atoms with Crippen molar-refractivity contribution in [1.82, 2.24) is 4.98 Å². The summed E-state index contributed by atoms with van der Waals surface area (Å²) in [4.78, 5) is 26.4. The predicted octanol–water partition coefficient (Wildman–Crippen LogP) is 2.67. The zero-order chi connectivity index (χ0) is 13.8. The Morgan fingerprint density at radius 1 is 1.16 bits per heavy atom. The monoisotopic (exact) mass is 257 g/mol. The predicted molar refractivity (Wildman–Crippen MR) is 71.3 cm³/mol. The van der Waals surface area contributed by atoms with Crippen molar-refractivity contribution in [3.8, 4) is 0 Å². The van der Waals surface area contributed by atoms with Crippen LogP contribution in [0.1, 0.15) is 32.0 Å². The number of aromatic amines is 1. The molecular weight excluding hydrogens is 242 g/mol. The van der Waals surface area contributed by atoms with Gasteiger partial charge in [0, 0.05) is 6.20 Å². The first-order valence-electron chi connectivity index (χ1n) is 5.99.